The summed E-state index contributed by atoms with van der Waals surface area (Å²) in [5.41, 5.74) is -0.771. The number of ether oxygens (including phenoxy) is 1. The third kappa shape index (κ3) is 4.04. The van der Waals surface area contributed by atoms with Crippen LogP contribution in [0.4, 0.5) is 26.3 Å². The highest BCUT2D eigenvalue weighted by Crippen LogP contribution is 2.34. The van der Waals surface area contributed by atoms with Gasteiger partial charge in [0.2, 0.25) is 0 Å². The summed E-state index contributed by atoms with van der Waals surface area (Å²) in [4.78, 5) is 0. The highest BCUT2D eigenvalue weighted by Gasteiger charge is 2.31. The Hall–Kier alpha value is -2.02. The molecule has 0 aliphatic heterocycles. The van der Waals surface area contributed by atoms with Crippen LogP contribution >= 0.6 is 0 Å². The van der Waals surface area contributed by atoms with Gasteiger partial charge in [-0.05, 0) is 35.4 Å². The van der Waals surface area contributed by atoms with Gasteiger partial charge in [-0.2, -0.15) is 26.3 Å². The number of benzene rings is 2. The fourth-order valence-corrected chi connectivity index (χ4v) is 2.16. The SMILES string of the molecule is COC(c1ccc(C(F)(F)F)cc1)c1ccc(C(F)(F)F)cc1. The first kappa shape index (κ1) is 17.3. The van der Waals surface area contributed by atoms with Gasteiger partial charge < -0.3 is 4.74 Å². The standard InChI is InChI=1S/C16H12F6O/c1-23-14(10-2-6-12(7-3-10)15(17,18)19)11-4-8-13(9-5-11)16(20,21)22/h2-9,14H,1H3. The molecule has 0 amide bonds. The van der Waals surface area contributed by atoms with Crippen LogP contribution in [-0.4, -0.2) is 7.11 Å². The molecule has 0 bridgehead atoms. The molecule has 0 fully saturated rings. The maximum absolute atomic E-state index is 12.5. The summed E-state index contributed by atoms with van der Waals surface area (Å²) in [5.74, 6) is 0. The molecule has 0 aliphatic carbocycles. The Bertz CT molecular complexity index is 583. The van der Waals surface area contributed by atoms with Crippen LogP contribution in [0.1, 0.15) is 28.4 Å². The number of alkyl halides is 6. The molecule has 0 saturated heterocycles. The minimum absolute atomic E-state index is 0.417. The van der Waals surface area contributed by atoms with E-state index >= 15 is 0 Å². The summed E-state index contributed by atoms with van der Waals surface area (Å²) in [6.45, 7) is 0. The normalized spacial score (nSPS) is 12.7. The molecule has 0 N–H and O–H groups in total. The van der Waals surface area contributed by atoms with Crippen molar-refractivity contribution in [3.63, 3.8) is 0 Å². The molecule has 1 nitrogen and oxygen atoms in total. The first-order chi connectivity index (χ1) is 10.6. The Morgan fingerprint density at radius 1 is 0.652 bits per heavy atom. The lowest BCUT2D eigenvalue weighted by Gasteiger charge is -2.18. The van der Waals surface area contributed by atoms with Gasteiger partial charge in [0.1, 0.15) is 6.10 Å². The molecule has 0 aromatic heterocycles. The third-order valence-electron chi connectivity index (χ3n) is 3.32. The minimum Gasteiger partial charge on any atom is -0.372 e. The summed E-state index contributed by atoms with van der Waals surface area (Å²) in [6.07, 6.45) is -9.65. The van der Waals surface area contributed by atoms with Crippen LogP contribution < -0.4 is 0 Å². The molecular formula is C16H12F6O. The summed E-state index contributed by atoms with van der Waals surface area (Å²) in [6, 6.07) is 8.61. The van der Waals surface area contributed by atoms with E-state index in [9.17, 15) is 26.3 Å². The summed E-state index contributed by atoms with van der Waals surface area (Å²) in [5, 5.41) is 0. The van der Waals surface area contributed by atoms with Gasteiger partial charge in [0.05, 0.1) is 11.1 Å². The first-order valence-corrected chi connectivity index (χ1v) is 6.50. The van der Waals surface area contributed by atoms with E-state index in [1.807, 2.05) is 0 Å². The largest absolute Gasteiger partial charge is 0.416 e. The zero-order valence-electron chi connectivity index (χ0n) is 11.9. The zero-order chi connectivity index (χ0) is 17.3. The number of halogens is 6. The Morgan fingerprint density at radius 2 is 0.957 bits per heavy atom. The molecule has 2 rings (SSSR count). The molecule has 2 aromatic carbocycles. The third-order valence-corrected chi connectivity index (χ3v) is 3.32. The summed E-state index contributed by atoms with van der Waals surface area (Å²) >= 11 is 0. The van der Waals surface area contributed by atoms with Gasteiger partial charge in [-0.3, -0.25) is 0 Å². The summed E-state index contributed by atoms with van der Waals surface area (Å²) < 4.78 is 80.5. The molecular weight excluding hydrogens is 322 g/mol. The molecule has 7 heteroatoms. The van der Waals surface area contributed by atoms with Crippen molar-refractivity contribution in [3.8, 4) is 0 Å². The van der Waals surface area contributed by atoms with Gasteiger partial charge in [0, 0.05) is 7.11 Å². The lowest BCUT2D eigenvalue weighted by Crippen LogP contribution is -2.08. The predicted molar refractivity (Wildman–Crippen MR) is 71.7 cm³/mol. The van der Waals surface area contributed by atoms with E-state index in [0.717, 1.165) is 24.3 Å². The highest BCUT2D eigenvalue weighted by atomic mass is 19.4. The predicted octanol–water partition coefficient (Wildman–Crippen LogP) is 5.46. The van der Waals surface area contributed by atoms with Gasteiger partial charge in [-0.25, -0.2) is 0 Å². The average molecular weight is 334 g/mol. The number of rotatable bonds is 3. The van der Waals surface area contributed by atoms with E-state index in [1.165, 1.54) is 31.4 Å². The van der Waals surface area contributed by atoms with Crippen molar-refractivity contribution in [2.45, 2.75) is 18.5 Å². The average Bonchev–Trinajstić information content (AvgIpc) is 2.47. The molecule has 2 aromatic rings. The molecule has 0 heterocycles. The minimum atomic E-state index is -4.45. The van der Waals surface area contributed by atoms with Gasteiger partial charge in [-0.15, -0.1) is 0 Å². The lowest BCUT2D eigenvalue weighted by atomic mass is 9.99. The van der Waals surface area contributed by atoms with Crippen LogP contribution in [-0.2, 0) is 17.1 Å². The molecule has 0 unspecified atom stereocenters. The van der Waals surface area contributed by atoms with Crippen LogP contribution in [0.3, 0.4) is 0 Å². The molecule has 0 atom stereocenters. The highest BCUT2D eigenvalue weighted by molar-refractivity contribution is 5.35. The van der Waals surface area contributed by atoms with Crippen molar-refractivity contribution >= 4 is 0 Å². The molecule has 0 spiro atoms. The monoisotopic (exact) mass is 334 g/mol. The van der Waals surface area contributed by atoms with E-state index < -0.39 is 29.6 Å². The van der Waals surface area contributed by atoms with E-state index in [-0.39, 0.29) is 0 Å². The fourth-order valence-electron chi connectivity index (χ4n) is 2.16. The van der Waals surface area contributed by atoms with Crippen LogP contribution in [0.2, 0.25) is 0 Å². The Labute approximate surface area is 128 Å². The van der Waals surface area contributed by atoms with Gasteiger partial charge in [0.25, 0.3) is 0 Å². The Balaban J connectivity index is 2.29. The number of methoxy groups -OCH3 is 1. The number of hydrogen-bond acceptors (Lipinski definition) is 1. The van der Waals surface area contributed by atoms with Crippen molar-refractivity contribution in [1.29, 1.82) is 0 Å². The second-order valence-corrected chi connectivity index (χ2v) is 4.86. The van der Waals surface area contributed by atoms with Crippen LogP contribution in [0.25, 0.3) is 0 Å². The summed E-state index contributed by atoms with van der Waals surface area (Å²) in [7, 11) is 1.33. The van der Waals surface area contributed by atoms with Crippen molar-refractivity contribution < 1.29 is 31.1 Å². The molecule has 124 valence electrons. The molecule has 0 aliphatic rings. The van der Waals surface area contributed by atoms with Gasteiger partial charge in [-0.1, -0.05) is 24.3 Å². The number of hydrogen-bond donors (Lipinski definition) is 0. The Kier molecular flexibility index (Phi) is 4.70. The quantitative estimate of drug-likeness (QED) is 0.677. The molecule has 0 radical (unpaired) electrons. The maximum atomic E-state index is 12.5. The second-order valence-electron chi connectivity index (χ2n) is 4.86. The lowest BCUT2D eigenvalue weighted by molar-refractivity contribution is -0.138. The van der Waals surface area contributed by atoms with E-state index in [0.29, 0.717) is 11.1 Å². The van der Waals surface area contributed by atoms with Gasteiger partial charge >= 0.3 is 12.4 Å². The second kappa shape index (κ2) is 6.23. The van der Waals surface area contributed by atoms with E-state index in [2.05, 4.69) is 0 Å². The van der Waals surface area contributed by atoms with Crippen molar-refractivity contribution in [1.82, 2.24) is 0 Å². The van der Waals surface area contributed by atoms with Crippen LogP contribution in [0.5, 0.6) is 0 Å². The molecule has 23 heavy (non-hydrogen) atoms. The van der Waals surface area contributed by atoms with E-state index in [1.54, 1.807) is 0 Å². The van der Waals surface area contributed by atoms with Crippen molar-refractivity contribution in [3.05, 3.63) is 70.8 Å². The van der Waals surface area contributed by atoms with Crippen LogP contribution in [0.15, 0.2) is 48.5 Å². The fraction of sp³-hybridized carbons (Fsp3) is 0.250. The van der Waals surface area contributed by atoms with Gasteiger partial charge in [0.15, 0.2) is 0 Å². The Morgan fingerprint density at radius 3 is 1.17 bits per heavy atom. The zero-order valence-corrected chi connectivity index (χ0v) is 11.9. The first-order valence-electron chi connectivity index (χ1n) is 6.50. The smallest absolute Gasteiger partial charge is 0.372 e. The topological polar surface area (TPSA) is 9.23 Å². The molecule has 0 saturated carbocycles. The van der Waals surface area contributed by atoms with Crippen molar-refractivity contribution in [2.75, 3.05) is 7.11 Å². The maximum Gasteiger partial charge on any atom is 0.416 e. The van der Waals surface area contributed by atoms with Crippen LogP contribution in [0, 0.1) is 0 Å². The van der Waals surface area contributed by atoms with E-state index in [4.69, 9.17) is 4.74 Å². The van der Waals surface area contributed by atoms with Crippen molar-refractivity contribution in [2.24, 2.45) is 0 Å².